The number of nitrogens with zero attached hydrogens (tertiary/aromatic N) is 2. The van der Waals surface area contributed by atoms with Crippen LogP contribution in [0.3, 0.4) is 0 Å². The van der Waals surface area contributed by atoms with Crippen molar-refractivity contribution in [2.24, 2.45) is 0 Å². The van der Waals surface area contributed by atoms with Crippen molar-refractivity contribution in [2.75, 3.05) is 0 Å². The van der Waals surface area contributed by atoms with E-state index in [1.807, 2.05) is 13.8 Å². The van der Waals surface area contributed by atoms with Crippen molar-refractivity contribution in [1.29, 1.82) is 0 Å². The molecule has 0 saturated carbocycles. The number of hydrogen-bond acceptors (Lipinski definition) is 5. The molecule has 0 bridgehead atoms. The van der Waals surface area contributed by atoms with Gasteiger partial charge in [0, 0.05) is 12.2 Å². The highest BCUT2D eigenvalue weighted by atomic mass is 16.5. The first kappa shape index (κ1) is 13.8. The van der Waals surface area contributed by atoms with E-state index in [1.165, 1.54) is 0 Å². The van der Waals surface area contributed by atoms with Crippen LogP contribution in [0.2, 0.25) is 0 Å². The van der Waals surface area contributed by atoms with Crippen LogP contribution in [-0.2, 0) is 20.9 Å². The molecule has 0 aliphatic heterocycles. The molecule has 0 fully saturated rings. The molecule has 96 valence electrons. The maximum Gasteiger partial charge on any atom is 0.331 e. The second-order valence-corrected chi connectivity index (χ2v) is 3.71. The van der Waals surface area contributed by atoms with E-state index in [2.05, 4.69) is 9.97 Å². The van der Waals surface area contributed by atoms with Crippen LogP contribution in [0.5, 0.6) is 0 Å². The topological polar surface area (TPSA) is 89.4 Å². The number of carboxylic acids is 1. The Kier molecular flexibility index (Phi) is 4.53. The number of aromatic nitrogens is 2. The number of carbonyl (C=O) groups excluding carboxylic acids is 1. The number of aryl methyl sites for hydroxylation is 3. The Hall–Kier alpha value is -2.24. The van der Waals surface area contributed by atoms with Gasteiger partial charge >= 0.3 is 11.9 Å². The molecule has 1 heterocycles. The third-order valence-corrected chi connectivity index (χ3v) is 2.29. The monoisotopic (exact) mass is 250 g/mol. The second kappa shape index (κ2) is 5.90. The molecule has 1 aromatic rings. The van der Waals surface area contributed by atoms with Gasteiger partial charge in [-0.25, -0.2) is 9.59 Å². The number of carboxylic acid groups (broad SMARTS) is 1. The molecule has 0 aliphatic carbocycles. The smallest absolute Gasteiger partial charge is 0.331 e. The normalized spacial score (nSPS) is 10.6. The van der Waals surface area contributed by atoms with Gasteiger partial charge in [0.1, 0.15) is 6.61 Å². The van der Waals surface area contributed by atoms with Gasteiger partial charge in [-0.2, -0.15) is 0 Å². The number of aliphatic carboxylic acids is 1. The Balaban J connectivity index is 2.67. The van der Waals surface area contributed by atoms with Crippen LogP contribution >= 0.6 is 0 Å². The number of rotatable bonds is 4. The maximum atomic E-state index is 11.2. The number of carbonyl (C=O) groups is 2. The average molecular weight is 250 g/mol. The third kappa shape index (κ3) is 3.97. The lowest BCUT2D eigenvalue weighted by molar-refractivity contribution is -0.140. The summed E-state index contributed by atoms with van der Waals surface area (Å²) in [4.78, 5) is 29.9. The van der Waals surface area contributed by atoms with Crippen LogP contribution in [0.25, 0.3) is 0 Å². The first-order chi connectivity index (χ1) is 8.40. The van der Waals surface area contributed by atoms with Gasteiger partial charge in [0.05, 0.1) is 22.8 Å². The van der Waals surface area contributed by atoms with Crippen molar-refractivity contribution in [3.8, 4) is 0 Å². The van der Waals surface area contributed by atoms with Crippen molar-refractivity contribution < 1.29 is 19.4 Å². The molecule has 1 aromatic heterocycles. The van der Waals surface area contributed by atoms with E-state index in [1.54, 1.807) is 6.92 Å². The summed E-state index contributed by atoms with van der Waals surface area (Å²) in [5.41, 5.74) is 2.85. The van der Waals surface area contributed by atoms with Gasteiger partial charge < -0.3 is 9.84 Å². The third-order valence-electron chi connectivity index (χ3n) is 2.29. The van der Waals surface area contributed by atoms with E-state index in [0.29, 0.717) is 11.4 Å². The minimum atomic E-state index is -1.20. The van der Waals surface area contributed by atoms with Crippen LogP contribution in [0.1, 0.15) is 22.8 Å². The highest BCUT2D eigenvalue weighted by molar-refractivity contribution is 5.90. The Morgan fingerprint density at radius 2 is 1.72 bits per heavy atom. The molecule has 0 radical (unpaired) electrons. The van der Waals surface area contributed by atoms with Crippen molar-refractivity contribution in [3.63, 3.8) is 0 Å². The van der Waals surface area contributed by atoms with Crippen molar-refractivity contribution in [1.82, 2.24) is 9.97 Å². The molecule has 0 aromatic carbocycles. The molecule has 18 heavy (non-hydrogen) atoms. The van der Waals surface area contributed by atoms with E-state index in [4.69, 9.17) is 9.84 Å². The van der Waals surface area contributed by atoms with E-state index in [9.17, 15) is 9.59 Å². The average Bonchev–Trinajstić information content (AvgIpc) is 2.29. The molecule has 6 nitrogen and oxygen atoms in total. The van der Waals surface area contributed by atoms with E-state index in [0.717, 1.165) is 23.5 Å². The Morgan fingerprint density at radius 1 is 1.11 bits per heavy atom. The molecule has 1 N–H and O–H groups in total. The highest BCUT2D eigenvalue weighted by Crippen LogP contribution is 2.08. The van der Waals surface area contributed by atoms with Gasteiger partial charge in [-0.3, -0.25) is 9.97 Å². The van der Waals surface area contributed by atoms with Gasteiger partial charge in [0.25, 0.3) is 0 Å². The number of esters is 1. The molecule has 0 unspecified atom stereocenters. The van der Waals surface area contributed by atoms with Crippen molar-refractivity contribution in [3.05, 3.63) is 34.9 Å². The van der Waals surface area contributed by atoms with Gasteiger partial charge in [-0.15, -0.1) is 0 Å². The van der Waals surface area contributed by atoms with Crippen LogP contribution < -0.4 is 0 Å². The van der Waals surface area contributed by atoms with Gasteiger partial charge in [0.15, 0.2) is 0 Å². The molecule has 0 saturated heterocycles. The van der Waals surface area contributed by atoms with Crippen molar-refractivity contribution in [2.45, 2.75) is 27.4 Å². The largest absolute Gasteiger partial charge is 0.478 e. The zero-order valence-electron chi connectivity index (χ0n) is 10.4. The molecule has 0 amide bonds. The van der Waals surface area contributed by atoms with Crippen LogP contribution in [-0.4, -0.2) is 27.0 Å². The summed E-state index contributed by atoms with van der Waals surface area (Å²) in [6.07, 6.45) is 1.58. The predicted octanol–water partition coefficient (Wildman–Crippen LogP) is 1.09. The zero-order chi connectivity index (χ0) is 13.7. The fourth-order valence-corrected chi connectivity index (χ4v) is 1.22. The molecule has 6 heteroatoms. The molecule has 1 rings (SSSR count). The van der Waals surface area contributed by atoms with Crippen molar-refractivity contribution >= 4 is 11.9 Å². The Labute approximate surface area is 104 Å². The highest BCUT2D eigenvalue weighted by Gasteiger charge is 2.07. The number of hydrogen-bond donors (Lipinski definition) is 1. The molecular weight excluding hydrogens is 236 g/mol. The van der Waals surface area contributed by atoms with Gasteiger partial charge in [-0.1, -0.05) is 0 Å². The quantitative estimate of drug-likeness (QED) is 0.635. The SMILES string of the molecule is Cc1nc(C)c(COC(=O)/C=C/C(=O)O)nc1C. The van der Waals surface area contributed by atoms with E-state index >= 15 is 0 Å². The lowest BCUT2D eigenvalue weighted by Crippen LogP contribution is -2.08. The molecule has 0 atom stereocenters. The summed E-state index contributed by atoms with van der Waals surface area (Å²) < 4.78 is 4.86. The Bertz CT molecular complexity index is 509. The lowest BCUT2D eigenvalue weighted by atomic mass is 10.3. The van der Waals surface area contributed by atoms with Gasteiger partial charge in [-0.05, 0) is 20.8 Å². The van der Waals surface area contributed by atoms with Crippen LogP contribution in [0, 0.1) is 20.8 Å². The van der Waals surface area contributed by atoms with Crippen LogP contribution in [0.4, 0.5) is 0 Å². The first-order valence-corrected chi connectivity index (χ1v) is 5.28. The predicted molar refractivity (Wildman–Crippen MR) is 62.8 cm³/mol. The molecule has 0 aliphatic rings. The summed E-state index contributed by atoms with van der Waals surface area (Å²) >= 11 is 0. The molecular formula is C12H14N2O4. The van der Waals surface area contributed by atoms with E-state index < -0.39 is 11.9 Å². The number of ether oxygens (including phenoxy) is 1. The second-order valence-electron chi connectivity index (χ2n) is 3.71. The standard InChI is InChI=1S/C12H14N2O4/c1-7-8(2)14-10(9(3)13-7)6-18-12(17)5-4-11(15)16/h4-5H,6H2,1-3H3,(H,15,16)/b5-4+. The maximum absolute atomic E-state index is 11.2. The summed E-state index contributed by atoms with van der Waals surface area (Å²) in [5.74, 6) is -1.93. The Morgan fingerprint density at radius 3 is 2.33 bits per heavy atom. The van der Waals surface area contributed by atoms with Crippen LogP contribution in [0.15, 0.2) is 12.2 Å². The zero-order valence-corrected chi connectivity index (χ0v) is 10.4. The van der Waals surface area contributed by atoms with Gasteiger partial charge in [0.2, 0.25) is 0 Å². The minimum Gasteiger partial charge on any atom is -0.478 e. The minimum absolute atomic E-state index is 0.0251. The van der Waals surface area contributed by atoms with E-state index in [-0.39, 0.29) is 6.61 Å². The summed E-state index contributed by atoms with van der Waals surface area (Å²) in [6, 6.07) is 0. The lowest BCUT2D eigenvalue weighted by Gasteiger charge is -2.07. The molecule has 0 spiro atoms. The summed E-state index contributed by atoms with van der Waals surface area (Å²) in [7, 11) is 0. The first-order valence-electron chi connectivity index (χ1n) is 5.28. The summed E-state index contributed by atoms with van der Waals surface area (Å²) in [5, 5.41) is 8.34. The fraction of sp³-hybridized carbons (Fsp3) is 0.333. The fourth-order valence-electron chi connectivity index (χ4n) is 1.22. The summed E-state index contributed by atoms with van der Waals surface area (Å²) in [6.45, 7) is 5.41.